The van der Waals surface area contributed by atoms with E-state index in [1.54, 1.807) is 24.3 Å². The van der Waals surface area contributed by atoms with Crippen molar-refractivity contribution < 1.29 is 14.6 Å². The fourth-order valence-corrected chi connectivity index (χ4v) is 4.48. The topological polar surface area (TPSA) is 94.0 Å². The molecule has 0 aliphatic carbocycles. The van der Waals surface area contributed by atoms with Gasteiger partial charge in [0, 0.05) is 17.3 Å². The first kappa shape index (κ1) is 17.8. The molecule has 5 rings (SSSR count). The number of hydrogen-bond donors (Lipinski definition) is 1. The summed E-state index contributed by atoms with van der Waals surface area (Å²) in [6.45, 7) is 7.48. The van der Waals surface area contributed by atoms with Crippen molar-refractivity contribution in [1.82, 2.24) is 19.0 Å². The van der Waals surface area contributed by atoms with Crippen LogP contribution in [0.25, 0.3) is 21.3 Å². The molecule has 1 fully saturated rings. The van der Waals surface area contributed by atoms with Crippen molar-refractivity contribution in [3.63, 3.8) is 0 Å². The standard InChI is InChI=1S/C21H15N5O4/c1-3-8-30-21(29)24-11-12-9-15(24)17-19(27)26(20(28)25(12)17)16-10-23-18(22-2)14-7-5-4-6-13(14)16/h1,4-7,10,12,15,27H,8-9,11H2/t12?,15-/m1/s1. The highest BCUT2D eigenvalue weighted by atomic mass is 16.6. The number of likely N-dealkylation sites (tertiary alicyclic amines) is 1. The Kier molecular flexibility index (Phi) is 3.80. The number of amides is 1. The van der Waals surface area contributed by atoms with Gasteiger partial charge in [-0.3, -0.25) is 9.47 Å². The van der Waals surface area contributed by atoms with E-state index in [2.05, 4.69) is 15.7 Å². The Morgan fingerprint density at radius 1 is 1.40 bits per heavy atom. The molecule has 1 aromatic carbocycles. The summed E-state index contributed by atoms with van der Waals surface area (Å²) in [5.41, 5.74) is 0.338. The minimum Gasteiger partial charge on any atom is -0.493 e. The molecule has 2 aromatic heterocycles. The maximum atomic E-state index is 13.2. The molecule has 9 heteroatoms. The molecule has 3 aromatic rings. The molecule has 0 saturated carbocycles. The molecule has 1 N–H and O–H groups in total. The number of carbonyl (C=O) groups excluding carboxylic acids is 1. The number of nitrogens with zero attached hydrogens (tertiary/aromatic N) is 5. The van der Waals surface area contributed by atoms with Crippen molar-refractivity contribution in [3.8, 4) is 23.9 Å². The van der Waals surface area contributed by atoms with E-state index in [9.17, 15) is 14.7 Å². The van der Waals surface area contributed by atoms with Crippen molar-refractivity contribution in [3.05, 3.63) is 58.1 Å². The van der Waals surface area contributed by atoms with Crippen molar-refractivity contribution >= 4 is 22.7 Å². The average Bonchev–Trinajstić information content (AvgIpc) is 3.43. The van der Waals surface area contributed by atoms with Gasteiger partial charge in [0.25, 0.3) is 5.82 Å². The Labute approximate surface area is 170 Å². The average molecular weight is 401 g/mol. The number of imidazole rings is 1. The first-order valence-corrected chi connectivity index (χ1v) is 9.25. The van der Waals surface area contributed by atoms with Gasteiger partial charge >= 0.3 is 11.8 Å². The zero-order valence-corrected chi connectivity index (χ0v) is 15.6. The quantitative estimate of drug-likeness (QED) is 0.526. The van der Waals surface area contributed by atoms with Crippen LogP contribution in [-0.2, 0) is 4.74 Å². The maximum Gasteiger partial charge on any atom is 0.411 e. The molecule has 2 aliphatic rings. The lowest BCUT2D eigenvalue weighted by Gasteiger charge is -2.26. The van der Waals surface area contributed by atoms with Crippen LogP contribution in [-0.4, -0.2) is 43.4 Å². The Morgan fingerprint density at radius 3 is 2.90 bits per heavy atom. The third-order valence-electron chi connectivity index (χ3n) is 5.67. The lowest BCUT2D eigenvalue weighted by molar-refractivity contribution is 0.103. The van der Waals surface area contributed by atoms with Crippen LogP contribution >= 0.6 is 0 Å². The highest BCUT2D eigenvalue weighted by Gasteiger charge is 2.49. The normalized spacial score (nSPS) is 18.8. The van der Waals surface area contributed by atoms with Crippen molar-refractivity contribution in [1.29, 1.82) is 0 Å². The van der Waals surface area contributed by atoms with Gasteiger partial charge in [0.15, 0.2) is 6.61 Å². The van der Waals surface area contributed by atoms with E-state index in [1.807, 2.05) is 0 Å². The third-order valence-corrected chi connectivity index (χ3v) is 5.67. The SMILES string of the molecule is [C-]#[N+]c1ncc(-n2c(O)c3n(c2=O)C2C[C@H]3N(C(=O)OCC#C)C2)c2ccccc12. The molecule has 9 nitrogen and oxygen atoms in total. The van der Waals surface area contributed by atoms with Gasteiger partial charge < -0.3 is 14.7 Å². The molecular weight excluding hydrogens is 386 g/mol. The van der Waals surface area contributed by atoms with Gasteiger partial charge in [-0.1, -0.05) is 36.8 Å². The summed E-state index contributed by atoms with van der Waals surface area (Å²) in [6, 6.07) is 6.36. The van der Waals surface area contributed by atoms with E-state index < -0.39 is 17.8 Å². The highest BCUT2D eigenvalue weighted by molar-refractivity contribution is 5.97. The summed E-state index contributed by atoms with van der Waals surface area (Å²) in [5.74, 6) is 2.22. The number of rotatable bonds is 2. The van der Waals surface area contributed by atoms with Crippen LogP contribution in [0.15, 0.2) is 35.3 Å². The molecule has 2 bridgehead atoms. The van der Waals surface area contributed by atoms with Crippen molar-refractivity contribution in [2.75, 3.05) is 13.2 Å². The van der Waals surface area contributed by atoms with Crippen molar-refractivity contribution in [2.45, 2.75) is 18.5 Å². The Balaban J connectivity index is 1.66. The third kappa shape index (κ3) is 2.26. The molecule has 2 aliphatic heterocycles. The van der Waals surface area contributed by atoms with Gasteiger partial charge in [-0.25, -0.2) is 14.2 Å². The Bertz CT molecular complexity index is 1360. The number of pyridine rings is 1. The van der Waals surface area contributed by atoms with Crippen LogP contribution in [0, 0.1) is 18.9 Å². The maximum absolute atomic E-state index is 13.2. The molecular formula is C21H15N5O4. The van der Waals surface area contributed by atoms with Crippen LogP contribution in [0.1, 0.15) is 24.2 Å². The van der Waals surface area contributed by atoms with Crippen molar-refractivity contribution in [2.24, 2.45) is 0 Å². The van der Waals surface area contributed by atoms with E-state index >= 15 is 0 Å². The van der Waals surface area contributed by atoms with E-state index in [-0.39, 0.29) is 24.3 Å². The van der Waals surface area contributed by atoms with Crippen LogP contribution < -0.4 is 5.69 Å². The summed E-state index contributed by atoms with van der Waals surface area (Å²) < 4.78 is 7.74. The largest absolute Gasteiger partial charge is 0.493 e. The number of terminal acetylenes is 1. The predicted molar refractivity (Wildman–Crippen MR) is 107 cm³/mol. The Hall–Kier alpha value is -4.24. The molecule has 0 radical (unpaired) electrons. The summed E-state index contributed by atoms with van der Waals surface area (Å²) in [5, 5.41) is 12.2. The second kappa shape index (κ2) is 6.39. The monoisotopic (exact) mass is 401 g/mol. The number of benzene rings is 1. The molecule has 1 saturated heterocycles. The van der Waals surface area contributed by atoms with Gasteiger partial charge in [-0.05, 0) is 6.42 Å². The van der Waals surface area contributed by atoms with Gasteiger partial charge in [0.05, 0.1) is 12.1 Å². The number of aromatic hydroxyl groups is 1. The molecule has 148 valence electrons. The van der Waals surface area contributed by atoms with E-state index in [0.717, 1.165) is 0 Å². The molecule has 1 unspecified atom stereocenters. The van der Waals surface area contributed by atoms with E-state index in [1.165, 1.54) is 20.2 Å². The number of carbonyl (C=O) groups is 1. The lowest BCUT2D eigenvalue weighted by atomic mass is 10.1. The van der Waals surface area contributed by atoms with Crippen LogP contribution in [0.2, 0.25) is 0 Å². The zero-order valence-electron chi connectivity index (χ0n) is 15.6. The molecule has 2 atom stereocenters. The van der Waals surface area contributed by atoms with Gasteiger partial charge in [-0.2, -0.15) is 0 Å². The molecule has 1 amide bonds. The molecule has 30 heavy (non-hydrogen) atoms. The number of fused-ring (bicyclic) bond motifs is 6. The lowest BCUT2D eigenvalue weighted by Crippen LogP contribution is -2.38. The predicted octanol–water partition coefficient (Wildman–Crippen LogP) is 2.51. The highest BCUT2D eigenvalue weighted by Crippen LogP contribution is 2.49. The second-order valence-electron chi connectivity index (χ2n) is 7.14. The minimum absolute atomic E-state index is 0.141. The summed E-state index contributed by atoms with van der Waals surface area (Å²) >= 11 is 0. The smallest absolute Gasteiger partial charge is 0.411 e. The minimum atomic E-state index is -0.570. The van der Waals surface area contributed by atoms with Crippen LogP contribution in [0.3, 0.4) is 0 Å². The van der Waals surface area contributed by atoms with Gasteiger partial charge in [-0.15, -0.1) is 11.4 Å². The summed E-state index contributed by atoms with van der Waals surface area (Å²) in [4.78, 5) is 34.6. The van der Waals surface area contributed by atoms with Crippen LogP contribution in [0.5, 0.6) is 5.88 Å². The van der Waals surface area contributed by atoms with E-state index in [4.69, 9.17) is 17.7 Å². The Morgan fingerprint density at radius 2 is 2.17 bits per heavy atom. The second-order valence-corrected chi connectivity index (χ2v) is 7.14. The van der Waals surface area contributed by atoms with Crippen LogP contribution in [0.4, 0.5) is 10.6 Å². The number of aromatic nitrogens is 3. The zero-order chi connectivity index (χ0) is 21.0. The summed E-state index contributed by atoms with van der Waals surface area (Å²) in [6.07, 6.45) is 6.52. The summed E-state index contributed by atoms with van der Waals surface area (Å²) in [7, 11) is 0. The number of ether oxygens (including phenoxy) is 1. The number of hydrogen-bond acceptors (Lipinski definition) is 5. The fourth-order valence-electron chi connectivity index (χ4n) is 4.48. The molecule has 4 heterocycles. The first-order valence-electron chi connectivity index (χ1n) is 9.25. The van der Waals surface area contributed by atoms with Gasteiger partial charge in [0.2, 0.25) is 5.88 Å². The molecule has 0 spiro atoms. The fraction of sp³-hybridized carbons (Fsp3) is 0.238. The first-order chi connectivity index (χ1) is 14.6. The van der Waals surface area contributed by atoms with E-state index in [0.29, 0.717) is 35.1 Å². The van der Waals surface area contributed by atoms with Gasteiger partial charge in [0.1, 0.15) is 17.6 Å².